The molecule has 0 saturated carbocycles. The average Bonchev–Trinajstić information content (AvgIpc) is 2.79. The molecular weight excluding hydrogens is 274 g/mol. The zero-order chi connectivity index (χ0) is 15.6. The highest BCUT2D eigenvalue weighted by Crippen LogP contribution is 2.40. The van der Waals surface area contributed by atoms with Gasteiger partial charge in [-0.05, 0) is 13.0 Å². The van der Waals surface area contributed by atoms with Gasteiger partial charge in [0, 0.05) is 18.2 Å². The second-order valence-electron chi connectivity index (χ2n) is 4.48. The molecule has 7 nitrogen and oxygen atoms in total. The molecule has 1 fully saturated rings. The van der Waals surface area contributed by atoms with Crippen LogP contribution < -0.4 is 19.5 Å². The lowest BCUT2D eigenvalue weighted by Gasteiger charge is -2.24. The van der Waals surface area contributed by atoms with E-state index in [2.05, 4.69) is 5.32 Å². The highest BCUT2D eigenvalue weighted by molar-refractivity contribution is 6.06. The highest BCUT2D eigenvalue weighted by atomic mass is 16.5. The van der Waals surface area contributed by atoms with Gasteiger partial charge in [-0.1, -0.05) is 0 Å². The molecule has 0 aliphatic carbocycles. The SMILES string of the molecule is CCN1C(=O)NC(=N)C1c1cc(OC)c(OC)cc1OC. The number of carbonyl (C=O) groups is 1. The monoisotopic (exact) mass is 293 g/mol. The number of amides is 2. The molecule has 2 N–H and O–H groups in total. The predicted octanol–water partition coefficient (Wildman–Crippen LogP) is 1.78. The Morgan fingerprint density at radius 2 is 1.71 bits per heavy atom. The lowest BCUT2D eigenvalue weighted by Crippen LogP contribution is -2.29. The van der Waals surface area contributed by atoms with Crippen LogP contribution in [-0.4, -0.2) is 44.6 Å². The minimum Gasteiger partial charge on any atom is -0.496 e. The van der Waals surface area contributed by atoms with Crippen LogP contribution in [0.25, 0.3) is 0 Å². The smallest absolute Gasteiger partial charge is 0.323 e. The van der Waals surface area contributed by atoms with Gasteiger partial charge in [-0.25, -0.2) is 4.79 Å². The molecule has 1 aromatic carbocycles. The Morgan fingerprint density at radius 1 is 1.14 bits per heavy atom. The number of likely N-dealkylation sites (N-methyl/N-ethyl adjacent to an activating group) is 1. The number of hydrogen-bond acceptors (Lipinski definition) is 5. The van der Waals surface area contributed by atoms with Crippen LogP contribution in [0.1, 0.15) is 18.5 Å². The van der Waals surface area contributed by atoms with Crippen LogP contribution >= 0.6 is 0 Å². The first-order chi connectivity index (χ1) is 10.1. The van der Waals surface area contributed by atoms with E-state index in [0.717, 1.165) is 0 Å². The number of ether oxygens (including phenoxy) is 3. The predicted molar refractivity (Wildman–Crippen MR) is 77.5 cm³/mol. The third-order valence-electron chi connectivity index (χ3n) is 3.46. The van der Waals surface area contributed by atoms with Gasteiger partial charge in [-0.2, -0.15) is 0 Å². The molecule has 1 saturated heterocycles. The molecule has 21 heavy (non-hydrogen) atoms. The van der Waals surface area contributed by atoms with Crippen molar-refractivity contribution in [3.05, 3.63) is 17.7 Å². The quantitative estimate of drug-likeness (QED) is 0.866. The number of hydrogen-bond donors (Lipinski definition) is 2. The maximum absolute atomic E-state index is 11.9. The molecule has 1 atom stereocenters. The highest BCUT2D eigenvalue weighted by Gasteiger charge is 2.38. The molecule has 1 heterocycles. The van der Waals surface area contributed by atoms with Crippen molar-refractivity contribution in [2.75, 3.05) is 27.9 Å². The number of urea groups is 1. The van der Waals surface area contributed by atoms with Gasteiger partial charge in [0.2, 0.25) is 0 Å². The van der Waals surface area contributed by atoms with Gasteiger partial charge in [0.15, 0.2) is 11.5 Å². The first-order valence-electron chi connectivity index (χ1n) is 6.53. The van der Waals surface area contributed by atoms with E-state index >= 15 is 0 Å². The van der Waals surface area contributed by atoms with Gasteiger partial charge >= 0.3 is 6.03 Å². The normalized spacial score (nSPS) is 17.7. The number of rotatable bonds is 5. The van der Waals surface area contributed by atoms with Crippen molar-refractivity contribution in [2.24, 2.45) is 0 Å². The molecular formula is C14H19N3O4. The summed E-state index contributed by atoms with van der Waals surface area (Å²) in [6.45, 7) is 2.34. The van der Waals surface area contributed by atoms with Crippen molar-refractivity contribution < 1.29 is 19.0 Å². The summed E-state index contributed by atoms with van der Waals surface area (Å²) in [6.07, 6.45) is 0. The fourth-order valence-corrected chi connectivity index (χ4v) is 2.44. The third kappa shape index (κ3) is 2.46. The van der Waals surface area contributed by atoms with Gasteiger partial charge in [-0.15, -0.1) is 0 Å². The van der Waals surface area contributed by atoms with Crippen LogP contribution in [0.2, 0.25) is 0 Å². The van der Waals surface area contributed by atoms with Crippen molar-refractivity contribution in [3.63, 3.8) is 0 Å². The summed E-state index contributed by atoms with van der Waals surface area (Å²) in [7, 11) is 4.61. The first-order valence-corrected chi connectivity index (χ1v) is 6.53. The Labute approximate surface area is 123 Å². The van der Waals surface area contributed by atoms with Crippen LogP contribution in [0.15, 0.2) is 12.1 Å². The summed E-state index contributed by atoms with van der Waals surface area (Å²) in [4.78, 5) is 13.4. The summed E-state index contributed by atoms with van der Waals surface area (Å²) < 4.78 is 15.9. The molecule has 2 rings (SSSR count). The second-order valence-corrected chi connectivity index (χ2v) is 4.48. The maximum atomic E-state index is 11.9. The molecule has 0 bridgehead atoms. The number of methoxy groups -OCH3 is 3. The average molecular weight is 293 g/mol. The van der Waals surface area contributed by atoms with Crippen LogP contribution in [-0.2, 0) is 0 Å². The molecule has 1 aliphatic heterocycles. The van der Waals surface area contributed by atoms with Gasteiger partial charge in [-0.3, -0.25) is 10.7 Å². The van der Waals surface area contributed by atoms with E-state index in [0.29, 0.717) is 29.4 Å². The third-order valence-corrected chi connectivity index (χ3v) is 3.46. The van der Waals surface area contributed by atoms with E-state index in [1.54, 1.807) is 17.0 Å². The van der Waals surface area contributed by atoms with Crippen molar-refractivity contribution in [1.82, 2.24) is 10.2 Å². The summed E-state index contributed by atoms with van der Waals surface area (Å²) in [6, 6.07) is 2.62. The fraction of sp³-hybridized carbons (Fsp3) is 0.429. The minimum absolute atomic E-state index is 0.118. The molecule has 7 heteroatoms. The zero-order valence-electron chi connectivity index (χ0n) is 12.5. The zero-order valence-corrected chi connectivity index (χ0v) is 12.5. The summed E-state index contributed by atoms with van der Waals surface area (Å²) in [5.74, 6) is 1.71. The largest absolute Gasteiger partial charge is 0.496 e. The molecule has 0 aromatic heterocycles. The lowest BCUT2D eigenvalue weighted by molar-refractivity contribution is 0.208. The molecule has 0 radical (unpaired) electrons. The van der Waals surface area contributed by atoms with Gasteiger partial charge in [0.05, 0.1) is 21.3 Å². The maximum Gasteiger partial charge on any atom is 0.323 e. The van der Waals surface area contributed by atoms with E-state index in [1.807, 2.05) is 6.92 Å². The Kier molecular flexibility index (Phi) is 4.21. The molecule has 1 aromatic rings. The fourth-order valence-electron chi connectivity index (χ4n) is 2.44. The first kappa shape index (κ1) is 15.0. The standard InChI is InChI=1S/C14H19N3O4/c1-5-17-12(13(15)16-14(17)18)8-6-10(20-3)11(21-4)7-9(8)19-2/h6-7,12H,5H2,1-4H3,(H2,15,16,18). The Morgan fingerprint density at radius 3 is 2.24 bits per heavy atom. The van der Waals surface area contributed by atoms with E-state index in [9.17, 15) is 4.79 Å². The van der Waals surface area contributed by atoms with Gasteiger partial charge in [0.1, 0.15) is 17.6 Å². The van der Waals surface area contributed by atoms with Crippen LogP contribution in [0, 0.1) is 5.41 Å². The molecule has 1 unspecified atom stereocenters. The Bertz CT molecular complexity index is 574. The van der Waals surface area contributed by atoms with E-state index in [1.165, 1.54) is 21.3 Å². The van der Waals surface area contributed by atoms with Crippen molar-refractivity contribution in [3.8, 4) is 17.2 Å². The second kappa shape index (κ2) is 5.90. The van der Waals surface area contributed by atoms with Crippen LogP contribution in [0.4, 0.5) is 4.79 Å². The van der Waals surface area contributed by atoms with Crippen LogP contribution in [0.3, 0.4) is 0 Å². The summed E-state index contributed by atoms with van der Waals surface area (Å²) in [5.41, 5.74) is 0.681. The molecule has 2 amide bonds. The number of nitrogens with one attached hydrogen (secondary N) is 2. The molecule has 0 spiro atoms. The van der Waals surface area contributed by atoms with E-state index in [4.69, 9.17) is 19.6 Å². The molecule has 1 aliphatic rings. The number of nitrogens with zero attached hydrogens (tertiary/aromatic N) is 1. The Hall–Kier alpha value is -2.44. The van der Waals surface area contributed by atoms with Gasteiger partial charge < -0.3 is 19.1 Å². The molecule has 114 valence electrons. The van der Waals surface area contributed by atoms with Crippen molar-refractivity contribution in [2.45, 2.75) is 13.0 Å². The van der Waals surface area contributed by atoms with Crippen molar-refractivity contribution >= 4 is 11.9 Å². The number of benzene rings is 1. The topological polar surface area (TPSA) is 83.9 Å². The van der Waals surface area contributed by atoms with E-state index < -0.39 is 6.04 Å². The van der Waals surface area contributed by atoms with Gasteiger partial charge in [0.25, 0.3) is 0 Å². The van der Waals surface area contributed by atoms with E-state index in [-0.39, 0.29) is 11.9 Å². The Balaban J connectivity index is 2.56. The summed E-state index contributed by atoms with van der Waals surface area (Å²) >= 11 is 0. The van der Waals surface area contributed by atoms with Crippen LogP contribution in [0.5, 0.6) is 17.2 Å². The minimum atomic E-state index is -0.516. The number of amidine groups is 1. The lowest BCUT2D eigenvalue weighted by atomic mass is 10.0. The van der Waals surface area contributed by atoms with Crippen molar-refractivity contribution in [1.29, 1.82) is 5.41 Å². The number of carbonyl (C=O) groups excluding carboxylic acids is 1. The summed E-state index contributed by atoms with van der Waals surface area (Å²) in [5, 5.41) is 10.5.